The van der Waals surface area contributed by atoms with Crippen LogP contribution in [0.25, 0.3) is 11.4 Å². The Morgan fingerprint density at radius 1 is 1.07 bits per heavy atom. The van der Waals surface area contributed by atoms with Gasteiger partial charge in [-0.2, -0.15) is 4.98 Å². The van der Waals surface area contributed by atoms with Crippen molar-refractivity contribution in [1.82, 2.24) is 24.8 Å². The number of nitrogens with one attached hydrogen (secondary N) is 2. The molecule has 0 unspecified atom stereocenters. The SMILES string of the molecule is CN(C)CCNc1nc(NCCN2CCOCC2)cc(-c2ccccn2)n1. The molecule has 27 heavy (non-hydrogen) atoms. The number of ether oxygens (including phenoxy) is 1. The lowest BCUT2D eigenvalue weighted by Gasteiger charge is -2.26. The number of likely N-dealkylation sites (N-methyl/N-ethyl adjacent to an activating group) is 1. The number of pyridine rings is 1. The molecule has 1 aliphatic rings. The third-order valence-electron chi connectivity index (χ3n) is 4.33. The van der Waals surface area contributed by atoms with Crippen LogP contribution in [0.15, 0.2) is 30.5 Å². The minimum Gasteiger partial charge on any atom is -0.379 e. The summed E-state index contributed by atoms with van der Waals surface area (Å²) in [5.41, 5.74) is 1.65. The van der Waals surface area contributed by atoms with Crippen molar-refractivity contribution >= 4 is 11.8 Å². The Kier molecular flexibility index (Phi) is 7.32. The predicted molar refractivity (Wildman–Crippen MR) is 108 cm³/mol. The van der Waals surface area contributed by atoms with Crippen molar-refractivity contribution in [3.05, 3.63) is 30.5 Å². The molecule has 0 atom stereocenters. The molecule has 0 radical (unpaired) electrons. The van der Waals surface area contributed by atoms with Gasteiger partial charge in [-0.3, -0.25) is 9.88 Å². The van der Waals surface area contributed by atoms with E-state index in [1.165, 1.54) is 0 Å². The molecule has 2 N–H and O–H groups in total. The van der Waals surface area contributed by atoms with Gasteiger partial charge in [0.25, 0.3) is 0 Å². The average molecular weight is 371 g/mol. The first-order chi connectivity index (χ1) is 13.2. The van der Waals surface area contributed by atoms with E-state index in [4.69, 9.17) is 4.74 Å². The summed E-state index contributed by atoms with van der Waals surface area (Å²) in [4.78, 5) is 18.2. The second-order valence-electron chi connectivity index (χ2n) is 6.79. The molecule has 2 aromatic rings. The van der Waals surface area contributed by atoms with Gasteiger partial charge in [-0.25, -0.2) is 4.98 Å². The molecular formula is C19H29N7O. The van der Waals surface area contributed by atoms with Crippen LogP contribution >= 0.6 is 0 Å². The number of hydrogen-bond donors (Lipinski definition) is 2. The van der Waals surface area contributed by atoms with Crippen LogP contribution in [0.5, 0.6) is 0 Å². The normalized spacial score (nSPS) is 15.1. The molecule has 0 bridgehead atoms. The van der Waals surface area contributed by atoms with Gasteiger partial charge in [0.05, 0.1) is 24.6 Å². The molecule has 2 aromatic heterocycles. The lowest BCUT2D eigenvalue weighted by atomic mass is 10.2. The minimum absolute atomic E-state index is 0.619. The highest BCUT2D eigenvalue weighted by atomic mass is 16.5. The Hall–Kier alpha value is -2.29. The summed E-state index contributed by atoms with van der Waals surface area (Å²) in [6.45, 7) is 7.10. The highest BCUT2D eigenvalue weighted by Crippen LogP contribution is 2.19. The maximum Gasteiger partial charge on any atom is 0.225 e. The van der Waals surface area contributed by atoms with Gasteiger partial charge in [0.15, 0.2) is 0 Å². The molecule has 8 nitrogen and oxygen atoms in total. The molecule has 3 rings (SSSR count). The van der Waals surface area contributed by atoms with Gasteiger partial charge in [0, 0.05) is 51.5 Å². The van der Waals surface area contributed by atoms with Crippen LogP contribution in [0.1, 0.15) is 0 Å². The number of hydrogen-bond acceptors (Lipinski definition) is 8. The lowest BCUT2D eigenvalue weighted by Crippen LogP contribution is -2.39. The fourth-order valence-corrected chi connectivity index (χ4v) is 2.82. The van der Waals surface area contributed by atoms with E-state index in [1.807, 2.05) is 38.4 Å². The molecule has 1 fully saturated rings. The van der Waals surface area contributed by atoms with Gasteiger partial charge in [-0.15, -0.1) is 0 Å². The first-order valence-electron chi connectivity index (χ1n) is 9.44. The number of anilines is 2. The molecule has 8 heteroatoms. The average Bonchev–Trinajstić information content (AvgIpc) is 2.69. The molecule has 1 aliphatic heterocycles. The van der Waals surface area contributed by atoms with Crippen molar-refractivity contribution < 1.29 is 4.74 Å². The van der Waals surface area contributed by atoms with Crippen LogP contribution in [-0.4, -0.2) is 91.3 Å². The number of rotatable bonds is 9. The Labute approximate surface area is 161 Å². The zero-order valence-electron chi connectivity index (χ0n) is 16.2. The monoisotopic (exact) mass is 371 g/mol. The van der Waals surface area contributed by atoms with Crippen molar-refractivity contribution in [3.8, 4) is 11.4 Å². The summed E-state index contributed by atoms with van der Waals surface area (Å²) in [6, 6.07) is 7.79. The van der Waals surface area contributed by atoms with E-state index in [-0.39, 0.29) is 0 Å². The van der Waals surface area contributed by atoms with E-state index in [9.17, 15) is 0 Å². The second kappa shape index (κ2) is 10.1. The van der Waals surface area contributed by atoms with Gasteiger partial charge in [-0.1, -0.05) is 6.07 Å². The van der Waals surface area contributed by atoms with Crippen molar-refractivity contribution in [2.75, 3.05) is 77.2 Å². The standard InChI is InChI=1S/C19H29N7O/c1-25(2)9-7-22-19-23-17(16-5-3-4-6-20-16)15-18(24-19)21-8-10-26-11-13-27-14-12-26/h3-6,15H,7-14H2,1-2H3,(H2,21,22,23,24). The zero-order valence-corrected chi connectivity index (χ0v) is 16.2. The van der Waals surface area contributed by atoms with Crippen molar-refractivity contribution in [3.63, 3.8) is 0 Å². The summed E-state index contributed by atoms with van der Waals surface area (Å²) < 4.78 is 5.40. The molecule has 0 spiro atoms. The summed E-state index contributed by atoms with van der Waals surface area (Å²) >= 11 is 0. The van der Waals surface area contributed by atoms with Crippen LogP contribution in [0.2, 0.25) is 0 Å². The molecule has 0 amide bonds. The maximum absolute atomic E-state index is 5.40. The predicted octanol–water partition coefficient (Wildman–Crippen LogP) is 1.26. The van der Waals surface area contributed by atoms with Crippen LogP contribution in [-0.2, 0) is 4.74 Å². The maximum atomic E-state index is 5.40. The Bertz CT molecular complexity index is 690. The summed E-state index contributed by atoms with van der Waals surface area (Å²) in [5, 5.41) is 6.74. The van der Waals surface area contributed by atoms with Crippen LogP contribution in [0.4, 0.5) is 11.8 Å². The zero-order chi connectivity index (χ0) is 18.9. The molecule has 1 saturated heterocycles. The highest BCUT2D eigenvalue weighted by Gasteiger charge is 2.11. The fraction of sp³-hybridized carbons (Fsp3) is 0.526. The quantitative estimate of drug-likeness (QED) is 0.682. The largest absolute Gasteiger partial charge is 0.379 e. The molecular weight excluding hydrogens is 342 g/mol. The first kappa shape index (κ1) is 19.5. The Morgan fingerprint density at radius 2 is 1.93 bits per heavy atom. The Balaban J connectivity index is 1.66. The van der Waals surface area contributed by atoms with Crippen LogP contribution in [0.3, 0.4) is 0 Å². The van der Waals surface area contributed by atoms with E-state index >= 15 is 0 Å². The smallest absolute Gasteiger partial charge is 0.225 e. The van der Waals surface area contributed by atoms with Gasteiger partial charge in [0.2, 0.25) is 5.95 Å². The van der Waals surface area contributed by atoms with E-state index in [0.717, 1.165) is 69.7 Å². The van der Waals surface area contributed by atoms with Gasteiger partial charge in [-0.05, 0) is 26.2 Å². The van der Waals surface area contributed by atoms with Gasteiger partial charge in [0.1, 0.15) is 5.82 Å². The number of aromatic nitrogens is 3. The van der Waals surface area contributed by atoms with Gasteiger partial charge >= 0.3 is 0 Å². The van der Waals surface area contributed by atoms with Crippen LogP contribution < -0.4 is 10.6 Å². The fourth-order valence-electron chi connectivity index (χ4n) is 2.82. The van der Waals surface area contributed by atoms with E-state index in [2.05, 4.69) is 35.4 Å². The minimum atomic E-state index is 0.619. The third-order valence-corrected chi connectivity index (χ3v) is 4.33. The second-order valence-corrected chi connectivity index (χ2v) is 6.79. The molecule has 3 heterocycles. The molecule has 0 aromatic carbocycles. The topological polar surface area (TPSA) is 78.4 Å². The molecule has 146 valence electrons. The Morgan fingerprint density at radius 3 is 2.67 bits per heavy atom. The summed E-state index contributed by atoms with van der Waals surface area (Å²) in [5.74, 6) is 1.43. The molecule has 0 aliphatic carbocycles. The first-order valence-corrected chi connectivity index (χ1v) is 9.44. The summed E-state index contributed by atoms with van der Waals surface area (Å²) in [7, 11) is 4.09. The lowest BCUT2D eigenvalue weighted by molar-refractivity contribution is 0.0398. The third kappa shape index (κ3) is 6.42. The number of morpholine rings is 1. The number of nitrogens with zero attached hydrogens (tertiary/aromatic N) is 5. The van der Waals surface area contributed by atoms with Crippen molar-refractivity contribution in [2.45, 2.75) is 0 Å². The van der Waals surface area contributed by atoms with E-state index < -0.39 is 0 Å². The summed E-state index contributed by atoms with van der Waals surface area (Å²) in [6.07, 6.45) is 1.78. The van der Waals surface area contributed by atoms with Crippen molar-refractivity contribution in [1.29, 1.82) is 0 Å². The highest BCUT2D eigenvalue weighted by molar-refractivity contribution is 5.60. The van der Waals surface area contributed by atoms with Gasteiger partial charge < -0.3 is 20.3 Å². The van der Waals surface area contributed by atoms with E-state index in [0.29, 0.717) is 5.95 Å². The molecule has 0 saturated carbocycles. The van der Waals surface area contributed by atoms with Crippen molar-refractivity contribution in [2.24, 2.45) is 0 Å². The van der Waals surface area contributed by atoms with Crippen LogP contribution in [0, 0.1) is 0 Å². The van der Waals surface area contributed by atoms with E-state index in [1.54, 1.807) is 6.20 Å².